The number of carbonyl (C=O) groups is 1. The SMILES string of the molecule is Cc1cc(C)cc(NC(=O)CSCCCc2cc(C(C)(C)C)c(O)c(C(C)(C)C)c2)c1. The Morgan fingerprint density at radius 2 is 1.42 bits per heavy atom. The Kier molecular flexibility index (Phi) is 8.27. The number of hydrogen-bond acceptors (Lipinski definition) is 3. The Morgan fingerprint density at radius 1 is 0.903 bits per heavy atom. The molecule has 3 nitrogen and oxygen atoms in total. The number of carbonyl (C=O) groups excluding carboxylic acids is 1. The molecule has 1 amide bonds. The summed E-state index contributed by atoms with van der Waals surface area (Å²) in [6.45, 7) is 16.9. The van der Waals surface area contributed by atoms with Gasteiger partial charge in [-0.05, 0) is 83.2 Å². The molecule has 31 heavy (non-hydrogen) atoms. The van der Waals surface area contributed by atoms with Crippen molar-refractivity contribution in [2.75, 3.05) is 16.8 Å². The van der Waals surface area contributed by atoms with Crippen LogP contribution in [-0.4, -0.2) is 22.5 Å². The molecule has 2 rings (SSSR count). The molecule has 0 atom stereocenters. The molecule has 0 aliphatic carbocycles. The van der Waals surface area contributed by atoms with Crippen molar-refractivity contribution >= 4 is 23.4 Å². The first-order valence-corrected chi connectivity index (χ1v) is 12.3. The molecular formula is C27H39NO2S. The number of phenolic OH excluding ortho intramolecular Hbond substituents is 1. The normalized spacial score (nSPS) is 12.1. The van der Waals surface area contributed by atoms with Crippen molar-refractivity contribution < 1.29 is 9.90 Å². The number of rotatable bonds is 7. The van der Waals surface area contributed by atoms with Crippen LogP contribution < -0.4 is 5.32 Å². The van der Waals surface area contributed by atoms with Crippen LogP contribution in [0.25, 0.3) is 0 Å². The molecule has 0 aromatic heterocycles. The third-order valence-corrected chi connectivity index (χ3v) is 6.32. The predicted molar refractivity (Wildman–Crippen MR) is 136 cm³/mol. The average molecular weight is 442 g/mol. The Bertz CT molecular complexity index is 865. The zero-order valence-electron chi connectivity index (χ0n) is 20.5. The molecule has 4 heteroatoms. The van der Waals surface area contributed by atoms with Crippen LogP contribution in [0.1, 0.15) is 75.8 Å². The van der Waals surface area contributed by atoms with Crippen LogP contribution in [0.2, 0.25) is 0 Å². The molecule has 2 aromatic rings. The minimum absolute atomic E-state index is 0.0460. The average Bonchev–Trinajstić information content (AvgIpc) is 2.59. The highest BCUT2D eigenvalue weighted by Crippen LogP contribution is 2.40. The van der Waals surface area contributed by atoms with E-state index in [0.717, 1.165) is 46.5 Å². The first-order valence-electron chi connectivity index (χ1n) is 11.1. The lowest BCUT2D eigenvalue weighted by molar-refractivity contribution is -0.113. The molecule has 0 radical (unpaired) electrons. The van der Waals surface area contributed by atoms with Crippen molar-refractivity contribution in [2.45, 2.75) is 79.1 Å². The van der Waals surface area contributed by atoms with Gasteiger partial charge in [0.15, 0.2) is 0 Å². The van der Waals surface area contributed by atoms with E-state index in [1.807, 2.05) is 26.0 Å². The van der Waals surface area contributed by atoms with E-state index in [4.69, 9.17) is 0 Å². The maximum Gasteiger partial charge on any atom is 0.234 e. The van der Waals surface area contributed by atoms with Gasteiger partial charge in [0.05, 0.1) is 5.75 Å². The molecule has 0 saturated carbocycles. The van der Waals surface area contributed by atoms with Crippen molar-refractivity contribution in [3.8, 4) is 5.75 Å². The van der Waals surface area contributed by atoms with Gasteiger partial charge in [0.1, 0.15) is 5.75 Å². The lowest BCUT2D eigenvalue weighted by atomic mass is 9.78. The summed E-state index contributed by atoms with van der Waals surface area (Å²) in [5.74, 6) is 1.87. The van der Waals surface area contributed by atoms with E-state index in [-0.39, 0.29) is 16.7 Å². The van der Waals surface area contributed by atoms with E-state index in [2.05, 4.69) is 65.1 Å². The smallest absolute Gasteiger partial charge is 0.234 e. The molecule has 0 heterocycles. The Hall–Kier alpha value is -1.94. The molecular weight excluding hydrogens is 402 g/mol. The fourth-order valence-corrected chi connectivity index (χ4v) is 4.52. The second-order valence-electron chi connectivity index (χ2n) is 10.6. The van der Waals surface area contributed by atoms with Gasteiger partial charge < -0.3 is 10.4 Å². The van der Waals surface area contributed by atoms with Crippen LogP contribution in [0.3, 0.4) is 0 Å². The van der Waals surface area contributed by atoms with Crippen molar-refractivity contribution in [1.29, 1.82) is 0 Å². The van der Waals surface area contributed by atoms with Crippen molar-refractivity contribution in [3.63, 3.8) is 0 Å². The number of hydrogen-bond donors (Lipinski definition) is 2. The first-order chi connectivity index (χ1) is 14.3. The highest BCUT2D eigenvalue weighted by atomic mass is 32.2. The van der Waals surface area contributed by atoms with Crippen LogP contribution in [0.5, 0.6) is 5.75 Å². The lowest BCUT2D eigenvalue weighted by Gasteiger charge is -2.28. The third kappa shape index (κ3) is 7.60. The quantitative estimate of drug-likeness (QED) is 0.459. The summed E-state index contributed by atoms with van der Waals surface area (Å²) in [6.07, 6.45) is 1.94. The summed E-state index contributed by atoms with van der Waals surface area (Å²) in [5.41, 5.74) is 6.24. The zero-order valence-corrected chi connectivity index (χ0v) is 21.3. The second-order valence-corrected chi connectivity index (χ2v) is 11.7. The van der Waals surface area contributed by atoms with Crippen LogP contribution in [0, 0.1) is 13.8 Å². The standard InChI is InChI=1S/C27H39NO2S/c1-18-12-19(2)14-21(13-18)28-24(29)17-31-11-9-10-20-15-22(26(3,4)5)25(30)23(16-20)27(6,7)8/h12-16,30H,9-11,17H2,1-8H3,(H,28,29). The lowest BCUT2D eigenvalue weighted by Crippen LogP contribution is -2.18. The topological polar surface area (TPSA) is 49.3 Å². The summed E-state index contributed by atoms with van der Waals surface area (Å²) in [4.78, 5) is 12.3. The van der Waals surface area contributed by atoms with Crippen molar-refractivity contribution in [3.05, 3.63) is 58.1 Å². The van der Waals surface area contributed by atoms with Crippen LogP contribution in [-0.2, 0) is 22.0 Å². The molecule has 0 fully saturated rings. The van der Waals surface area contributed by atoms with Crippen LogP contribution in [0.4, 0.5) is 5.69 Å². The van der Waals surface area contributed by atoms with Crippen molar-refractivity contribution in [1.82, 2.24) is 0 Å². The number of phenols is 1. The molecule has 2 N–H and O–H groups in total. The molecule has 2 aromatic carbocycles. The Labute approximate surface area is 193 Å². The largest absolute Gasteiger partial charge is 0.507 e. The Morgan fingerprint density at radius 3 is 1.90 bits per heavy atom. The third-order valence-electron chi connectivity index (χ3n) is 5.28. The fraction of sp³-hybridized carbons (Fsp3) is 0.519. The molecule has 0 unspecified atom stereocenters. The molecule has 0 aliphatic heterocycles. The molecule has 170 valence electrons. The van der Waals surface area contributed by atoms with Gasteiger partial charge >= 0.3 is 0 Å². The maximum atomic E-state index is 12.3. The number of aromatic hydroxyl groups is 1. The number of aryl methyl sites for hydroxylation is 3. The van der Waals surface area contributed by atoms with Gasteiger partial charge in [0.2, 0.25) is 5.91 Å². The highest BCUT2D eigenvalue weighted by Gasteiger charge is 2.26. The minimum Gasteiger partial charge on any atom is -0.507 e. The van der Waals surface area contributed by atoms with Gasteiger partial charge in [-0.1, -0.05) is 59.7 Å². The maximum absolute atomic E-state index is 12.3. The van der Waals surface area contributed by atoms with Crippen LogP contribution in [0.15, 0.2) is 30.3 Å². The van der Waals surface area contributed by atoms with E-state index >= 15 is 0 Å². The number of anilines is 1. The highest BCUT2D eigenvalue weighted by molar-refractivity contribution is 7.99. The molecule has 0 bridgehead atoms. The van der Waals surface area contributed by atoms with E-state index in [9.17, 15) is 9.90 Å². The summed E-state index contributed by atoms with van der Waals surface area (Å²) in [5, 5.41) is 13.9. The van der Waals surface area contributed by atoms with E-state index in [0.29, 0.717) is 11.5 Å². The van der Waals surface area contributed by atoms with Gasteiger partial charge in [-0.15, -0.1) is 0 Å². The van der Waals surface area contributed by atoms with Gasteiger partial charge in [0.25, 0.3) is 0 Å². The predicted octanol–water partition coefficient (Wildman–Crippen LogP) is 6.91. The molecule has 0 spiro atoms. The van der Waals surface area contributed by atoms with Gasteiger partial charge in [-0.2, -0.15) is 11.8 Å². The summed E-state index contributed by atoms with van der Waals surface area (Å²) in [7, 11) is 0. The van der Waals surface area contributed by atoms with Crippen LogP contribution >= 0.6 is 11.8 Å². The zero-order chi connectivity index (χ0) is 23.4. The van der Waals surface area contributed by atoms with E-state index in [1.165, 1.54) is 5.56 Å². The van der Waals surface area contributed by atoms with Gasteiger partial charge in [-0.25, -0.2) is 0 Å². The second kappa shape index (κ2) is 10.1. The van der Waals surface area contributed by atoms with Crippen molar-refractivity contribution in [2.24, 2.45) is 0 Å². The number of amides is 1. The number of nitrogens with one attached hydrogen (secondary N) is 1. The fourth-order valence-electron chi connectivity index (χ4n) is 3.77. The first kappa shape index (κ1) is 25.3. The monoisotopic (exact) mass is 441 g/mol. The summed E-state index contributed by atoms with van der Waals surface area (Å²) < 4.78 is 0. The minimum atomic E-state index is -0.110. The molecule has 0 aliphatic rings. The van der Waals surface area contributed by atoms with Gasteiger partial charge in [0, 0.05) is 5.69 Å². The Balaban J connectivity index is 1.92. The van der Waals surface area contributed by atoms with E-state index < -0.39 is 0 Å². The number of benzene rings is 2. The molecule has 0 saturated heterocycles. The number of thioether (sulfide) groups is 1. The summed E-state index contributed by atoms with van der Waals surface area (Å²) >= 11 is 1.67. The van der Waals surface area contributed by atoms with Gasteiger partial charge in [-0.3, -0.25) is 4.79 Å². The van der Waals surface area contributed by atoms with E-state index in [1.54, 1.807) is 11.8 Å². The summed E-state index contributed by atoms with van der Waals surface area (Å²) in [6, 6.07) is 10.4.